The first-order valence-electron chi connectivity index (χ1n) is 14.4. The average molecular weight is 543 g/mol. The van der Waals surface area contributed by atoms with Crippen LogP contribution in [-0.2, 0) is 4.74 Å². The summed E-state index contributed by atoms with van der Waals surface area (Å²) in [6.07, 6.45) is 6.38. The molecule has 216 valence electrons. The molecule has 0 bridgehead atoms. The molecule has 1 heterocycles. The molecule has 2 aromatic rings. The van der Waals surface area contributed by atoms with E-state index >= 15 is 0 Å². The summed E-state index contributed by atoms with van der Waals surface area (Å²) in [6, 6.07) is 7.24. The number of unbranched alkanes of at least 4 members (excludes halogenated alkanes) is 2. The third-order valence-electron chi connectivity index (χ3n) is 7.39. The lowest BCUT2D eigenvalue weighted by Gasteiger charge is -2.34. The molecular formula is C31H46N2O6. The number of benzene rings is 1. The van der Waals surface area contributed by atoms with Crippen molar-refractivity contribution >= 4 is 11.9 Å². The summed E-state index contributed by atoms with van der Waals surface area (Å²) in [5.74, 6) is 0.897. The van der Waals surface area contributed by atoms with Crippen molar-refractivity contribution in [3.63, 3.8) is 0 Å². The van der Waals surface area contributed by atoms with Gasteiger partial charge >= 0.3 is 5.97 Å². The molecule has 0 N–H and O–H groups in total. The Hall–Kier alpha value is -3.16. The van der Waals surface area contributed by atoms with Crippen LogP contribution in [0.2, 0.25) is 0 Å². The summed E-state index contributed by atoms with van der Waals surface area (Å²) >= 11 is 0. The molecule has 0 radical (unpaired) electrons. The number of carbonyl (C=O) groups excluding carboxylic acids is 2. The Morgan fingerprint density at radius 1 is 0.897 bits per heavy atom. The predicted octanol–water partition coefficient (Wildman–Crippen LogP) is 6.53. The molecule has 8 heteroatoms. The van der Waals surface area contributed by atoms with Gasteiger partial charge in [0.2, 0.25) is 0 Å². The fraction of sp³-hybridized carbons (Fsp3) is 0.613. The Balaban J connectivity index is 2.27. The molecular weight excluding hydrogens is 496 g/mol. The van der Waals surface area contributed by atoms with Gasteiger partial charge in [0, 0.05) is 19.8 Å². The number of ether oxygens (including phenoxy) is 4. The van der Waals surface area contributed by atoms with Crippen LogP contribution in [0.25, 0.3) is 5.69 Å². The van der Waals surface area contributed by atoms with Crippen LogP contribution in [0.15, 0.2) is 24.3 Å². The number of nitrogens with zero attached hydrogens (tertiary/aromatic N) is 2. The van der Waals surface area contributed by atoms with E-state index in [2.05, 4.69) is 27.7 Å². The van der Waals surface area contributed by atoms with Gasteiger partial charge in [-0.3, -0.25) is 9.36 Å². The predicted molar refractivity (Wildman–Crippen MR) is 153 cm³/mol. The molecule has 2 unspecified atom stereocenters. The third kappa shape index (κ3) is 7.08. The van der Waals surface area contributed by atoms with E-state index in [-0.39, 0.29) is 46.7 Å². The Morgan fingerprint density at radius 3 is 1.92 bits per heavy atom. The number of aromatic nitrogens is 1. The number of methoxy groups -OCH3 is 1. The lowest BCUT2D eigenvalue weighted by Crippen LogP contribution is -2.35. The van der Waals surface area contributed by atoms with E-state index < -0.39 is 5.97 Å². The first-order chi connectivity index (χ1) is 18.7. The van der Waals surface area contributed by atoms with Crippen molar-refractivity contribution < 1.29 is 28.5 Å². The van der Waals surface area contributed by atoms with Crippen LogP contribution in [0.1, 0.15) is 93.6 Å². The Bertz CT molecular complexity index is 1080. The minimum atomic E-state index is -0.513. The van der Waals surface area contributed by atoms with E-state index in [0.717, 1.165) is 44.9 Å². The number of hydrogen-bond donors (Lipinski definition) is 0. The molecule has 1 fully saturated rings. The van der Waals surface area contributed by atoms with Crippen molar-refractivity contribution in [1.29, 1.82) is 0 Å². The maximum atomic E-state index is 14.1. The minimum Gasteiger partial charge on any atom is -0.497 e. The normalized spacial score (nSPS) is 18.9. The number of amides is 1. The van der Waals surface area contributed by atoms with Gasteiger partial charge in [0.05, 0.1) is 20.3 Å². The van der Waals surface area contributed by atoms with Crippen molar-refractivity contribution in [1.82, 2.24) is 9.47 Å². The van der Waals surface area contributed by atoms with Crippen LogP contribution in [0.4, 0.5) is 0 Å². The van der Waals surface area contributed by atoms with Gasteiger partial charge in [-0.15, -0.1) is 0 Å². The highest BCUT2D eigenvalue weighted by Gasteiger charge is 2.38. The number of carbonyl (C=O) groups is 2. The zero-order valence-electron chi connectivity index (χ0n) is 24.7. The van der Waals surface area contributed by atoms with Crippen LogP contribution in [-0.4, -0.2) is 61.9 Å². The number of hydrogen-bond acceptors (Lipinski definition) is 6. The zero-order chi connectivity index (χ0) is 28.5. The van der Waals surface area contributed by atoms with Crippen molar-refractivity contribution in [3.05, 3.63) is 35.7 Å². The second kappa shape index (κ2) is 14.3. The zero-order valence-corrected chi connectivity index (χ0v) is 24.7. The van der Waals surface area contributed by atoms with Crippen LogP contribution in [0.3, 0.4) is 0 Å². The molecule has 2 atom stereocenters. The van der Waals surface area contributed by atoms with E-state index in [0.29, 0.717) is 24.7 Å². The summed E-state index contributed by atoms with van der Waals surface area (Å²) in [7, 11) is 4.97. The fourth-order valence-electron chi connectivity index (χ4n) is 5.08. The second-order valence-corrected chi connectivity index (χ2v) is 10.7. The average Bonchev–Trinajstić information content (AvgIpc) is 3.24. The van der Waals surface area contributed by atoms with Gasteiger partial charge < -0.3 is 23.8 Å². The topological polar surface area (TPSA) is 79.2 Å². The SMILES string of the molecule is CCCCOc1c(OCCCC)c(C(=O)N(C)C)n(-c2ccc(OC)cc2)c1C(=O)OC1C(C)CCCC1C. The Kier molecular flexibility index (Phi) is 11.1. The molecule has 1 amide bonds. The highest BCUT2D eigenvalue weighted by atomic mass is 16.6. The van der Waals surface area contributed by atoms with Crippen molar-refractivity contribution in [3.8, 4) is 22.9 Å². The largest absolute Gasteiger partial charge is 0.497 e. The maximum Gasteiger partial charge on any atom is 0.359 e. The van der Waals surface area contributed by atoms with E-state index in [1.165, 1.54) is 4.90 Å². The molecule has 39 heavy (non-hydrogen) atoms. The van der Waals surface area contributed by atoms with Gasteiger partial charge in [0.15, 0.2) is 22.9 Å². The van der Waals surface area contributed by atoms with Crippen molar-refractivity contribution in [2.45, 2.75) is 78.7 Å². The summed E-state index contributed by atoms with van der Waals surface area (Å²) in [6.45, 7) is 9.20. The summed E-state index contributed by atoms with van der Waals surface area (Å²) in [5.41, 5.74) is 1.03. The molecule has 1 saturated carbocycles. The van der Waals surface area contributed by atoms with Crippen molar-refractivity contribution in [2.75, 3.05) is 34.4 Å². The molecule has 0 aliphatic heterocycles. The molecule has 1 aliphatic carbocycles. The maximum absolute atomic E-state index is 14.1. The molecule has 8 nitrogen and oxygen atoms in total. The van der Waals surface area contributed by atoms with E-state index in [9.17, 15) is 9.59 Å². The van der Waals surface area contributed by atoms with Crippen LogP contribution >= 0.6 is 0 Å². The van der Waals surface area contributed by atoms with Gasteiger partial charge in [-0.05, 0) is 61.8 Å². The summed E-state index contributed by atoms with van der Waals surface area (Å²) in [4.78, 5) is 29.3. The van der Waals surface area contributed by atoms with Crippen molar-refractivity contribution in [2.24, 2.45) is 11.8 Å². The van der Waals surface area contributed by atoms with Crippen LogP contribution in [0.5, 0.6) is 17.2 Å². The molecule has 0 saturated heterocycles. The first kappa shape index (κ1) is 30.4. The first-order valence-corrected chi connectivity index (χ1v) is 14.4. The van der Waals surface area contributed by atoms with Crippen LogP contribution < -0.4 is 14.2 Å². The molecule has 1 aliphatic rings. The summed E-state index contributed by atoms with van der Waals surface area (Å²) < 4.78 is 25.8. The van der Waals surface area contributed by atoms with Crippen LogP contribution in [0, 0.1) is 11.8 Å². The Morgan fingerprint density at radius 2 is 1.44 bits per heavy atom. The molecule has 1 aromatic carbocycles. The second-order valence-electron chi connectivity index (χ2n) is 10.7. The lowest BCUT2D eigenvalue weighted by atomic mass is 9.80. The fourth-order valence-corrected chi connectivity index (χ4v) is 5.08. The summed E-state index contributed by atoms with van der Waals surface area (Å²) in [5, 5.41) is 0. The van der Waals surface area contributed by atoms with E-state index in [1.54, 1.807) is 37.9 Å². The van der Waals surface area contributed by atoms with Gasteiger partial charge in [0.25, 0.3) is 5.91 Å². The number of rotatable bonds is 13. The highest BCUT2D eigenvalue weighted by Crippen LogP contribution is 2.43. The molecule has 1 aromatic heterocycles. The van der Waals surface area contributed by atoms with E-state index in [1.807, 2.05) is 12.1 Å². The van der Waals surface area contributed by atoms with E-state index in [4.69, 9.17) is 18.9 Å². The smallest absolute Gasteiger partial charge is 0.359 e. The lowest BCUT2D eigenvalue weighted by molar-refractivity contribution is -0.0172. The Labute approximate surface area is 233 Å². The number of esters is 1. The monoisotopic (exact) mass is 542 g/mol. The highest BCUT2D eigenvalue weighted by molar-refractivity contribution is 6.03. The van der Waals surface area contributed by atoms with Gasteiger partial charge in [-0.25, -0.2) is 4.79 Å². The third-order valence-corrected chi connectivity index (χ3v) is 7.39. The van der Waals surface area contributed by atoms with Gasteiger partial charge in [-0.2, -0.15) is 0 Å². The van der Waals surface area contributed by atoms with Gasteiger partial charge in [0.1, 0.15) is 11.9 Å². The van der Waals surface area contributed by atoms with Gasteiger partial charge in [-0.1, -0.05) is 47.0 Å². The standard InChI is InChI=1S/C31H46N2O6/c1-8-10-19-37-28-25(30(34)32(5)6)33(23-15-17-24(36-7)18-16-23)26(29(28)38-20-11-9-2)31(35)39-27-21(3)13-12-14-22(27)4/h15-18,21-22,27H,8-14,19-20H2,1-7H3. The molecule has 0 spiro atoms. The quantitative estimate of drug-likeness (QED) is 0.212. The minimum absolute atomic E-state index is 0.179. The molecule has 3 rings (SSSR count).